The Labute approximate surface area is 122 Å². The third-order valence-electron chi connectivity index (χ3n) is 5.45. The Morgan fingerprint density at radius 3 is 2.53 bits per heavy atom. The minimum absolute atomic E-state index is 0.560. The van der Waals surface area contributed by atoms with Crippen molar-refractivity contribution in [3.63, 3.8) is 0 Å². The molecule has 1 spiro atoms. The highest BCUT2D eigenvalue weighted by molar-refractivity contribution is 8.13. The van der Waals surface area contributed by atoms with Crippen LogP contribution in [0.5, 0.6) is 0 Å². The molecule has 3 rings (SSSR count). The zero-order chi connectivity index (χ0) is 13.1. The zero-order valence-corrected chi connectivity index (χ0v) is 13.1. The molecule has 1 heterocycles. The number of rotatable bonds is 2. The number of hydrogen-bond donors (Lipinski definition) is 1. The van der Waals surface area contributed by atoms with Crippen LogP contribution >= 0.6 is 11.8 Å². The Morgan fingerprint density at radius 1 is 1.16 bits per heavy atom. The molecule has 2 fully saturated rings. The van der Waals surface area contributed by atoms with E-state index >= 15 is 0 Å². The molecule has 1 unspecified atom stereocenters. The summed E-state index contributed by atoms with van der Waals surface area (Å²) in [5.74, 6) is 2.19. The number of nitrogens with one attached hydrogen (secondary N) is 1. The number of thioether (sulfide) groups is 1. The van der Waals surface area contributed by atoms with Crippen LogP contribution in [0.2, 0.25) is 0 Å². The maximum absolute atomic E-state index is 4.89. The van der Waals surface area contributed by atoms with Crippen molar-refractivity contribution in [2.45, 2.75) is 70.8 Å². The number of aliphatic imine (C=N–C) groups is 1. The molecule has 0 aromatic heterocycles. The predicted octanol–water partition coefficient (Wildman–Crippen LogP) is 4.21. The largest absolute Gasteiger partial charge is 0.362 e. The molecule has 1 aliphatic heterocycles. The van der Waals surface area contributed by atoms with E-state index < -0.39 is 0 Å². The van der Waals surface area contributed by atoms with Crippen molar-refractivity contribution in [2.75, 3.05) is 12.3 Å². The third kappa shape index (κ3) is 3.29. The molecule has 3 aliphatic rings. The predicted molar refractivity (Wildman–Crippen MR) is 84.8 cm³/mol. The van der Waals surface area contributed by atoms with E-state index in [0.29, 0.717) is 11.5 Å². The highest BCUT2D eigenvalue weighted by Gasteiger charge is 2.35. The van der Waals surface area contributed by atoms with Crippen LogP contribution in [-0.2, 0) is 0 Å². The summed E-state index contributed by atoms with van der Waals surface area (Å²) in [6, 6.07) is 0.620. The van der Waals surface area contributed by atoms with Crippen molar-refractivity contribution in [1.29, 1.82) is 0 Å². The van der Waals surface area contributed by atoms with Crippen LogP contribution in [0.25, 0.3) is 0 Å². The van der Waals surface area contributed by atoms with E-state index in [1.165, 1.54) is 68.7 Å². The lowest BCUT2D eigenvalue weighted by Crippen LogP contribution is -2.41. The molecule has 0 aromatic rings. The Morgan fingerprint density at radius 2 is 1.89 bits per heavy atom. The fourth-order valence-corrected chi connectivity index (χ4v) is 5.26. The van der Waals surface area contributed by atoms with E-state index in [1.807, 2.05) is 11.8 Å². The second-order valence-corrected chi connectivity index (χ2v) is 7.91. The van der Waals surface area contributed by atoms with Gasteiger partial charge in [0.2, 0.25) is 0 Å². The van der Waals surface area contributed by atoms with Gasteiger partial charge in [0.1, 0.15) is 0 Å². The van der Waals surface area contributed by atoms with Crippen LogP contribution in [0.15, 0.2) is 4.99 Å². The molecule has 1 N–H and O–H groups in total. The first-order valence-corrected chi connectivity index (χ1v) is 9.20. The van der Waals surface area contributed by atoms with Gasteiger partial charge in [0.05, 0.1) is 0 Å². The maximum Gasteiger partial charge on any atom is 0.156 e. The van der Waals surface area contributed by atoms with Crippen molar-refractivity contribution in [1.82, 2.24) is 5.32 Å². The Kier molecular flexibility index (Phi) is 4.40. The van der Waals surface area contributed by atoms with Crippen LogP contribution < -0.4 is 5.32 Å². The van der Waals surface area contributed by atoms with Gasteiger partial charge in [0.15, 0.2) is 5.17 Å². The first-order valence-electron chi connectivity index (χ1n) is 8.21. The number of amidine groups is 1. The van der Waals surface area contributed by atoms with E-state index in [1.54, 1.807) is 0 Å². The normalized spacial score (nSPS) is 29.2. The number of hydrogen-bond acceptors (Lipinski definition) is 3. The van der Waals surface area contributed by atoms with Gasteiger partial charge in [-0.2, -0.15) is 0 Å². The summed E-state index contributed by atoms with van der Waals surface area (Å²) in [6.45, 7) is 3.43. The lowest BCUT2D eigenvalue weighted by atomic mass is 9.75. The lowest BCUT2D eigenvalue weighted by Gasteiger charge is -2.39. The van der Waals surface area contributed by atoms with Gasteiger partial charge in [-0.3, -0.25) is 4.99 Å². The first-order chi connectivity index (χ1) is 9.27. The van der Waals surface area contributed by atoms with E-state index in [2.05, 4.69) is 12.2 Å². The Balaban J connectivity index is 1.52. The molecule has 3 heteroatoms. The van der Waals surface area contributed by atoms with Gasteiger partial charge in [0, 0.05) is 18.3 Å². The average Bonchev–Trinajstić information content (AvgIpc) is 2.97. The van der Waals surface area contributed by atoms with E-state index in [-0.39, 0.29) is 0 Å². The molecule has 108 valence electrons. The quantitative estimate of drug-likeness (QED) is 0.819. The van der Waals surface area contributed by atoms with Crippen LogP contribution in [0.1, 0.15) is 64.7 Å². The highest BCUT2D eigenvalue weighted by Crippen LogP contribution is 2.41. The highest BCUT2D eigenvalue weighted by atomic mass is 32.2. The van der Waals surface area contributed by atoms with Crippen molar-refractivity contribution in [3.8, 4) is 0 Å². The maximum atomic E-state index is 4.89. The molecule has 19 heavy (non-hydrogen) atoms. The molecule has 0 bridgehead atoms. The summed E-state index contributed by atoms with van der Waals surface area (Å²) < 4.78 is 0. The van der Waals surface area contributed by atoms with Crippen LogP contribution in [-0.4, -0.2) is 23.5 Å². The van der Waals surface area contributed by atoms with Crippen molar-refractivity contribution in [2.24, 2.45) is 16.3 Å². The summed E-state index contributed by atoms with van der Waals surface area (Å²) in [5, 5.41) is 4.93. The minimum atomic E-state index is 0.560. The van der Waals surface area contributed by atoms with Crippen LogP contribution in [0, 0.1) is 11.3 Å². The Bertz CT molecular complexity index is 328. The molecular weight excluding hydrogens is 252 g/mol. The topological polar surface area (TPSA) is 24.4 Å². The summed E-state index contributed by atoms with van der Waals surface area (Å²) in [5.41, 5.74) is 0.560. The SMILES string of the molecule is CC(NC1=NCC2(CCCCC2)CS1)C1CCCC1. The van der Waals surface area contributed by atoms with Crippen molar-refractivity contribution in [3.05, 3.63) is 0 Å². The van der Waals surface area contributed by atoms with E-state index in [4.69, 9.17) is 4.99 Å². The van der Waals surface area contributed by atoms with Gasteiger partial charge < -0.3 is 5.32 Å². The monoisotopic (exact) mass is 280 g/mol. The van der Waals surface area contributed by atoms with Crippen LogP contribution in [0.4, 0.5) is 0 Å². The average molecular weight is 280 g/mol. The second-order valence-electron chi connectivity index (χ2n) is 6.95. The molecule has 2 saturated carbocycles. The van der Waals surface area contributed by atoms with Crippen molar-refractivity contribution >= 4 is 16.9 Å². The van der Waals surface area contributed by atoms with Gasteiger partial charge >= 0.3 is 0 Å². The molecule has 0 amide bonds. The number of nitrogens with zero attached hydrogens (tertiary/aromatic N) is 1. The van der Waals surface area contributed by atoms with Gasteiger partial charge in [-0.15, -0.1) is 0 Å². The summed E-state index contributed by atoms with van der Waals surface area (Å²) in [6.07, 6.45) is 12.8. The lowest BCUT2D eigenvalue weighted by molar-refractivity contribution is 0.232. The van der Waals surface area contributed by atoms with Crippen LogP contribution in [0.3, 0.4) is 0 Å². The second kappa shape index (κ2) is 6.07. The molecule has 0 aromatic carbocycles. The summed E-state index contributed by atoms with van der Waals surface area (Å²) >= 11 is 1.99. The molecular formula is C16H28N2S. The van der Waals surface area contributed by atoms with E-state index in [0.717, 1.165) is 12.5 Å². The zero-order valence-electron chi connectivity index (χ0n) is 12.3. The standard InChI is InChI=1S/C16H28N2S/c1-13(14-7-3-4-8-14)18-15-17-11-16(12-19-15)9-5-2-6-10-16/h13-14H,2-12H2,1H3,(H,17,18). The summed E-state index contributed by atoms with van der Waals surface area (Å²) in [7, 11) is 0. The summed E-state index contributed by atoms with van der Waals surface area (Å²) in [4.78, 5) is 4.89. The molecule has 0 radical (unpaired) electrons. The van der Waals surface area contributed by atoms with Gasteiger partial charge in [-0.25, -0.2) is 0 Å². The molecule has 0 saturated heterocycles. The fraction of sp³-hybridized carbons (Fsp3) is 0.938. The smallest absolute Gasteiger partial charge is 0.156 e. The third-order valence-corrected chi connectivity index (χ3v) is 6.72. The van der Waals surface area contributed by atoms with Gasteiger partial charge in [0.25, 0.3) is 0 Å². The fourth-order valence-electron chi connectivity index (χ4n) is 4.01. The molecule has 2 aliphatic carbocycles. The first kappa shape index (κ1) is 13.8. The van der Waals surface area contributed by atoms with Crippen molar-refractivity contribution < 1.29 is 0 Å². The Hall–Kier alpha value is -0.180. The van der Waals surface area contributed by atoms with Gasteiger partial charge in [-0.1, -0.05) is 43.9 Å². The van der Waals surface area contributed by atoms with E-state index in [9.17, 15) is 0 Å². The van der Waals surface area contributed by atoms with Gasteiger partial charge in [-0.05, 0) is 43.9 Å². The molecule has 2 nitrogen and oxygen atoms in total. The molecule has 1 atom stereocenters. The minimum Gasteiger partial charge on any atom is -0.362 e.